The summed E-state index contributed by atoms with van der Waals surface area (Å²) < 4.78 is 47.5. The normalized spacial score (nSPS) is 14.6. The Hall–Kier alpha value is -3.92. The maximum absolute atomic E-state index is 14.0. The van der Waals surface area contributed by atoms with Crippen molar-refractivity contribution < 1.29 is 27.1 Å². The zero-order valence-corrected chi connectivity index (χ0v) is 25.1. The van der Waals surface area contributed by atoms with Crippen LogP contribution in [0.2, 0.25) is 0 Å². The summed E-state index contributed by atoms with van der Waals surface area (Å²) in [6, 6.07) is 17.5. The number of benzene rings is 3. The van der Waals surface area contributed by atoms with E-state index in [9.17, 15) is 22.4 Å². The van der Waals surface area contributed by atoms with Crippen LogP contribution in [0, 0.1) is 12.7 Å². The van der Waals surface area contributed by atoms with E-state index in [-0.39, 0.29) is 29.1 Å². The van der Waals surface area contributed by atoms with Gasteiger partial charge < -0.3 is 15.0 Å². The molecule has 42 heavy (non-hydrogen) atoms. The number of amides is 2. The monoisotopic (exact) mass is 595 g/mol. The third kappa shape index (κ3) is 7.67. The molecule has 3 aromatic carbocycles. The van der Waals surface area contributed by atoms with Gasteiger partial charge >= 0.3 is 0 Å². The summed E-state index contributed by atoms with van der Waals surface area (Å²) in [6.45, 7) is 3.06. The lowest BCUT2D eigenvalue weighted by Crippen LogP contribution is -2.53. The van der Waals surface area contributed by atoms with Crippen molar-refractivity contribution in [3.8, 4) is 5.75 Å². The summed E-state index contributed by atoms with van der Waals surface area (Å²) in [5.74, 6) is -0.763. The van der Waals surface area contributed by atoms with Crippen molar-refractivity contribution >= 4 is 27.5 Å². The number of sulfonamides is 1. The molecule has 0 heterocycles. The molecule has 0 aliphatic heterocycles. The van der Waals surface area contributed by atoms with E-state index in [0.717, 1.165) is 59.7 Å². The highest BCUT2D eigenvalue weighted by molar-refractivity contribution is 7.92. The molecule has 3 aromatic rings. The molecule has 224 valence electrons. The van der Waals surface area contributed by atoms with Crippen LogP contribution in [0.3, 0.4) is 0 Å². The zero-order valence-electron chi connectivity index (χ0n) is 24.3. The van der Waals surface area contributed by atoms with E-state index in [1.807, 2.05) is 6.92 Å². The smallest absolute Gasteiger partial charge is 0.264 e. The number of hydrogen-bond acceptors (Lipinski definition) is 5. The highest BCUT2D eigenvalue weighted by atomic mass is 32.2. The molecule has 0 unspecified atom stereocenters. The quantitative estimate of drug-likeness (QED) is 0.329. The molecule has 8 nitrogen and oxygen atoms in total. The van der Waals surface area contributed by atoms with E-state index in [4.69, 9.17) is 4.74 Å². The Kier molecular flexibility index (Phi) is 10.2. The van der Waals surface area contributed by atoms with Gasteiger partial charge in [0, 0.05) is 12.6 Å². The predicted molar refractivity (Wildman–Crippen MR) is 160 cm³/mol. The van der Waals surface area contributed by atoms with Gasteiger partial charge in [-0.05, 0) is 80.8 Å². The summed E-state index contributed by atoms with van der Waals surface area (Å²) >= 11 is 0. The Bertz CT molecular complexity index is 1460. The van der Waals surface area contributed by atoms with E-state index in [1.165, 1.54) is 17.0 Å². The highest BCUT2D eigenvalue weighted by Crippen LogP contribution is 2.26. The van der Waals surface area contributed by atoms with Crippen LogP contribution in [-0.4, -0.2) is 50.9 Å². The Morgan fingerprint density at radius 1 is 0.952 bits per heavy atom. The number of carbonyl (C=O) groups excluding carboxylic acids is 2. The first-order chi connectivity index (χ1) is 20.1. The number of halogens is 1. The number of nitrogens with one attached hydrogen (secondary N) is 1. The van der Waals surface area contributed by atoms with E-state index >= 15 is 0 Å². The second-order valence-electron chi connectivity index (χ2n) is 10.7. The molecule has 2 amide bonds. The van der Waals surface area contributed by atoms with Crippen LogP contribution in [0.4, 0.5) is 10.1 Å². The van der Waals surface area contributed by atoms with Gasteiger partial charge in [0.2, 0.25) is 11.8 Å². The molecular weight excluding hydrogens is 557 g/mol. The number of methoxy groups -OCH3 is 1. The fourth-order valence-corrected chi connectivity index (χ4v) is 6.47. The number of hydrogen-bond donors (Lipinski definition) is 1. The van der Waals surface area contributed by atoms with Crippen molar-refractivity contribution in [3.63, 3.8) is 0 Å². The van der Waals surface area contributed by atoms with Gasteiger partial charge in [-0.3, -0.25) is 13.9 Å². The van der Waals surface area contributed by atoms with E-state index in [2.05, 4.69) is 5.32 Å². The van der Waals surface area contributed by atoms with Crippen LogP contribution >= 0.6 is 0 Å². The van der Waals surface area contributed by atoms with Crippen molar-refractivity contribution in [3.05, 3.63) is 89.7 Å². The van der Waals surface area contributed by atoms with Crippen LogP contribution in [0.25, 0.3) is 0 Å². The number of nitrogens with zero attached hydrogens (tertiary/aromatic N) is 2. The maximum atomic E-state index is 14.0. The standard InChI is InChI=1S/C32H38FN3O5S/c1-23-9-15-28(16-10-23)36(42(39,40)30-19-13-26(33)14-20-30)22-31(37)35(21-25-11-17-29(41-3)18-12-25)24(2)32(38)34-27-7-5-4-6-8-27/h9-20,24,27H,4-8,21-22H2,1-3H3,(H,34,38)/t24-/m0/s1. The number of anilines is 1. The maximum Gasteiger partial charge on any atom is 0.264 e. The SMILES string of the molecule is COc1ccc(CN(C(=O)CN(c2ccc(C)cc2)S(=O)(=O)c2ccc(F)cc2)[C@@H](C)C(=O)NC2CCCCC2)cc1. The minimum absolute atomic E-state index is 0.0505. The van der Waals surface area contributed by atoms with Crippen LogP contribution in [-0.2, 0) is 26.2 Å². The second-order valence-corrected chi connectivity index (χ2v) is 12.6. The van der Waals surface area contributed by atoms with Gasteiger partial charge in [0.15, 0.2) is 0 Å². The largest absolute Gasteiger partial charge is 0.497 e. The fourth-order valence-electron chi connectivity index (χ4n) is 5.05. The Balaban J connectivity index is 1.66. The molecule has 10 heteroatoms. The number of ether oxygens (including phenoxy) is 1. The fraction of sp³-hybridized carbons (Fsp3) is 0.375. The third-order valence-corrected chi connectivity index (χ3v) is 9.42. The number of carbonyl (C=O) groups is 2. The Labute approximate surface area is 247 Å². The minimum atomic E-state index is -4.26. The van der Waals surface area contributed by atoms with E-state index in [0.29, 0.717) is 5.75 Å². The zero-order chi connectivity index (χ0) is 30.3. The molecule has 0 spiro atoms. The van der Waals surface area contributed by atoms with Gasteiger partial charge in [0.25, 0.3) is 10.0 Å². The lowest BCUT2D eigenvalue weighted by atomic mass is 9.95. The van der Waals surface area contributed by atoms with E-state index in [1.54, 1.807) is 62.6 Å². The molecule has 0 saturated heterocycles. The van der Waals surface area contributed by atoms with Crippen LogP contribution in [0.15, 0.2) is 77.7 Å². The van der Waals surface area contributed by atoms with Gasteiger partial charge in [-0.2, -0.15) is 0 Å². The molecular formula is C32H38FN3O5S. The van der Waals surface area contributed by atoms with Crippen molar-refractivity contribution in [2.75, 3.05) is 18.0 Å². The van der Waals surface area contributed by atoms with Crippen molar-refractivity contribution in [2.24, 2.45) is 0 Å². The molecule has 1 aliphatic rings. The number of aryl methyl sites for hydroxylation is 1. The van der Waals surface area contributed by atoms with Crippen LogP contribution in [0.1, 0.15) is 50.2 Å². The average molecular weight is 596 g/mol. The second kappa shape index (κ2) is 13.8. The third-order valence-electron chi connectivity index (χ3n) is 7.63. The van der Waals surface area contributed by atoms with Crippen molar-refractivity contribution in [2.45, 2.75) is 69.5 Å². The van der Waals surface area contributed by atoms with Gasteiger partial charge in [0.05, 0.1) is 17.7 Å². The first-order valence-electron chi connectivity index (χ1n) is 14.2. The Morgan fingerprint density at radius 3 is 2.17 bits per heavy atom. The van der Waals surface area contributed by atoms with Crippen LogP contribution < -0.4 is 14.4 Å². The number of rotatable bonds is 11. The minimum Gasteiger partial charge on any atom is -0.497 e. The summed E-state index contributed by atoms with van der Waals surface area (Å²) in [5.41, 5.74) is 1.95. The molecule has 1 saturated carbocycles. The highest BCUT2D eigenvalue weighted by Gasteiger charge is 2.33. The molecule has 1 fully saturated rings. The van der Waals surface area contributed by atoms with E-state index < -0.39 is 34.3 Å². The molecule has 4 rings (SSSR count). The van der Waals surface area contributed by atoms with Gasteiger partial charge in [0.1, 0.15) is 24.2 Å². The van der Waals surface area contributed by atoms with Crippen molar-refractivity contribution in [1.82, 2.24) is 10.2 Å². The lowest BCUT2D eigenvalue weighted by molar-refractivity contribution is -0.139. The Morgan fingerprint density at radius 2 is 1.57 bits per heavy atom. The summed E-state index contributed by atoms with van der Waals surface area (Å²) in [5, 5.41) is 3.09. The van der Waals surface area contributed by atoms with Crippen LogP contribution in [0.5, 0.6) is 5.75 Å². The predicted octanol–water partition coefficient (Wildman–Crippen LogP) is 5.20. The molecule has 0 radical (unpaired) electrons. The molecule has 1 atom stereocenters. The van der Waals surface area contributed by atoms with Gasteiger partial charge in [-0.1, -0.05) is 49.1 Å². The summed E-state index contributed by atoms with van der Waals surface area (Å²) in [4.78, 5) is 28.7. The molecule has 1 aliphatic carbocycles. The average Bonchev–Trinajstić information content (AvgIpc) is 2.99. The van der Waals surface area contributed by atoms with Gasteiger partial charge in [-0.15, -0.1) is 0 Å². The van der Waals surface area contributed by atoms with Crippen molar-refractivity contribution in [1.29, 1.82) is 0 Å². The van der Waals surface area contributed by atoms with Gasteiger partial charge in [-0.25, -0.2) is 12.8 Å². The summed E-state index contributed by atoms with van der Waals surface area (Å²) in [7, 11) is -2.70. The topological polar surface area (TPSA) is 96.0 Å². The molecule has 0 bridgehead atoms. The first kappa shape index (κ1) is 31.0. The molecule has 1 N–H and O–H groups in total. The molecule has 0 aromatic heterocycles. The summed E-state index contributed by atoms with van der Waals surface area (Å²) in [6.07, 6.45) is 5.01. The first-order valence-corrected chi connectivity index (χ1v) is 15.6. The lowest BCUT2D eigenvalue weighted by Gasteiger charge is -2.33.